The molecule has 44 valence electrons. The van der Waals surface area contributed by atoms with Gasteiger partial charge in [0.1, 0.15) is 5.82 Å². The van der Waals surface area contributed by atoms with Gasteiger partial charge in [0.05, 0.1) is 0 Å². The van der Waals surface area contributed by atoms with Crippen LogP contribution in [-0.2, 0) is 0 Å². The SMILES string of the molecule is Nc1ccc(O)n1O. The van der Waals surface area contributed by atoms with Crippen LogP contribution in [0.3, 0.4) is 0 Å². The molecule has 4 N–H and O–H groups in total. The summed E-state index contributed by atoms with van der Waals surface area (Å²) in [4.78, 5) is 0. The summed E-state index contributed by atoms with van der Waals surface area (Å²) in [5.41, 5.74) is 5.09. The van der Waals surface area contributed by atoms with Crippen LogP contribution in [0.2, 0.25) is 0 Å². The van der Waals surface area contributed by atoms with E-state index in [0.717, 1.165) is 0 Å². The predicted octanol–water partition coefficient (Wildman–Crippen LogP) is 0.0132. The molecule has 0 aliphatic rings. The number of hydrogen-bond acceptors (Lipinski definition) is 3. The molecule has 0 bridgehead atoms. The third-order valence-corrected chi connectivity index (χ3v) is 0.865. The lowest BCUT2D eigenvalue weighted by molar-refractivity contribution is 0.162. The highest BCUT2D eigenvalue weighted by atomic mass is 16.5. The van der Waals surface area contributed by atoms with Crippen LogP contribution >= 0.6 is 0 Å². The number of rotatable bonds is 0. The molecule has 1 heterocycles. The molecule has 0 aromatic carbocycles. The van der Waals surface area contributed by atoms with Crippen LogP contribution in [0.5, 0.6) is 5.88 Å². The Kier molecular flexibility index (Phi) is 0.802. The van der Waals surface area contributed by atoms with Gasteiger partial charge in [-0.25, -0.2) is 0 Å². The fourth-order valence-corrected chi connectivity index (χ4v) is 0.433. The number of nitrogen functional groups attached to an aromatic ring is 1. The maximum Gasteiger partial charge on any atom is 0.227 e. The number of hydrogen-bond donors (Lipinski definition) is 3. The van der Waals surface area contributed by atoms with Crippen molar-refractivity contribution in [2.45, 2.75) is 0 Å². The fraction of sp³-hybridized carbons (Fsp3) is 0. The van der Waals surface area contributed by atoms with Crippen LogP contribution in [0.15, 0.2) is 12.1 Å². The van der Waals surface area contributed by atoms with Gasteiger partial charge in [-0.3, -0.25) is 0 Å². The lowest BCUT2D eigenvalue weighted by Gasteiger charge is -1.92. The highest BCUT2D eigenvalue weighted by Gasteiger charge is 1.97. The maximum absolute atomic E-state index is 8.59. The first kappa shape index (κ1) is 4.83. The number of aromatic nitrogens is 1. The standard InChI is InChI=1S/C4H6N2O2/c5-3-1-2-4(7)6(3)8/h1-2,7-8H,5H2. The Morgan fingerprint density at radius 1 is 1.50 bits per heavy atom. The van der Waals surface area contributed by atoms with Crippen LogP contribution in [0.25, 0.3) is 0 Å². The molecule has 0 aliphatic carbocycles. The largest absolute Gasteiger partial charge is 0.492 e. The number of anilines is 1. The molecule has 1 rings (SSSR count). The molecule has 0 saturated heterocycles. The van der Waals surface area contributed by atoms with E-state index in [2.05, 4.69) is 0 Å². The molecule has 1 aromatic rings. The Balaban J connectivity index is 3.19. The molecule has 0 spiro atoms. The molecule has 0 saturated carbocycles. The van der Waals surface area contributed by atoms with Crippen molar-refractivity contribution in [3.05, 3.63) is 12.1 Å². The minimum atomic E-state index is -0.248. The second-order valence-electron chi connectivity index (χ2n) is 1.43. The Morgan fingerprint density at radius 3 is 2.25 bits per heavy atom. The molecule has 0 atom stereocenters. The Labute approximate surface area is 45.7 Å². The quantitative estimate of drug-likeness (QED) is 0.416. The first-order valence-corrected chi connectivity index (χ1v) is 2.07. The molecular weight excluding hydrogens is 108 g/mol. The molecule has 8 heavy (non-hydrogen) atoms. The number of nitrogens with zero attached hydrogens (tertiary/aromatic N) is 1. The lowest BCUT2D eigenvalue weighted by atomic mass is 10.6. The fourth-order valence-electron chi connectivity index (χ4n) is 0.433. The minimum absolute atomic E-state index is 0.127. The van der Waals surface area contributed by atoms with Crippen LogP contribution in [0.4, 0.5) is 5.82 Å². The van der Waals surface area contributed by atoms with Gasteiger partial charge in [-0.15, -0.1) is 4.73 Å². The van der Waals surface area contributed by atoms with E-state index in [4.69, 9.17) is 16.0 Å². The van der Waals surface area contributed by atoms with Crippen LogP contribution in [0.1, 0.15) is 0 Å². The van der Waals surface area contributed by atoms with E-state index in [1.807, 2.05) is 0 Å². The molecule has 4 heteroatoms. The topological polar surface area (TPSA) is 71.4 Å². The van der Waals surface area contributed by atoms with E-state index in [1.165, 1.54) is 12.1 Å². The van der Waals surface area contributed by atoms with E-state index < -0.39 is 0 Å². The summed E-state index contributed by atoms with van der Waals surface area (Å²) in [7, 11) is 0. The predicted molar refractivity (Wildman–Crippen MR) is 27.7 cm³/mol. The number of aromatic hydroxyl groups is 1. The lowest BCUT2D eigenvalue weighted by Crippen LogP contribution is -1.95. The van der Waals surface area contributed by atoms with Gasteiger partial charge in [0, 0.05) is 6.07 Å². The normalized spacial score (nSPS) is 9.50. The second-order valence-corrected chi connectivity index (χ2v) is 1.43. The van der Waals surface area contributed by atoms with E-state index >= 15 is 0 Å². The van der Waals surface area contributed by atoms with Crippen molar-refractivity contribution in [1.82, 2.24) is 4.73 Å². The van der Waals surface area contributed by atoms with Gasteiger partial charge in [-0.1, -0.05) is 0 Å². The highest BCUT2D eigenvalue weighted by molar-refractivity contribution is 5.34. The van der Waals surface area contributed by atoms with Gasteiger partial charge < -0.3 is 16.0 Å². The van der Waals surface area contributed by atoms with Gasteiger partial charge >= 0.3 is 0 Å². The zero-order valence-corrected chi connectivity index (χ0v) is 4.07. The Bertz CT molecular complexity index is 174. The van der Waals surface area contributed by atoms with Crippen molar-refractivity contribution < 1.29 is 10.3 Å². The summed E-state index contributed by atoms with van der Waals surface area (Å²) in [5, 5.41) is 17.2. The third kappa shape index (κ3) is 0.465. The molecule has 0 amide bonds. The van der Waals surface area contributed by atoms with Crippen molar-refractivity contribution in [1.29, 1.82) is 0 Å². The second kappa shape index (κ2) is 1.33. The minimum Gasteiger partial charge on any atom is -0.492 e. The molecular formula is C4H6N2O2. The van der Waals surface area contributed by atoms with Crippen molar-refractivity contribution in [2.75, 3.05) is 5.73 Å². The summed E-state index contributed by atoms with van der Waals surface area (Å²) in [6.45, 7) is 0. The molecule has 0 aliphatic heterocycles. The van der Waals surface area contributed by atoms with Crippen LogP contribution in [-0.4, -0.2) is 15.0 Å². The van der Waals surface area contributed by atoms with Crippen LogP contribution < -0.4 is 5.73 Å². The number of nitrogens with two attached hydrogens (primary N) is 1. The Hall–Kier alpha value is -1.32. The third-order valence-electron chi connectivity index (χ3n) is 0.865. The van der Waals surface area contributed by atoms with Gasteiger partial charge in [0.15, 0.2) is 0 Å². The average Bonchev–Trinajstić information content (AvgIpc) is 1.98. The zero-order chi connectivity index (χ0) is 6.15. The van der Waals surface area contributed by atoms with Gasteiger partial charge in [0.2, 0.25) is 5.88 Å². The van der Waals surface area contributed by atoms with Gasteiger partial charge in [0.25, 0.3) is 0 Å². The van der Waals surface area contributed by atoms with Crippen molar-refractivity contribution in [2.24, 2.45) is 0 Å². The van der Waals surface area contributed by atoms with E-state index in [9.17, 15) is 0 Å². The van der Waals surface area contributed by atoms with Crippen LogP contribution in [0, 0.1) is 0 Å². The average molecular weight is 114 g/mol. The Morgan fingerprint density at radius 2 is 2.12 bits per heavy atom. The van der Waals surface area contributed by atoms with Crippen molar-refractivity contribution >= 4 is 5.82 Å². The first-order valence-electron chi connectivity index (χ1n) is 2.07. The molecule has 0 unspecified atom stereocenters. The molecule has 4 nitrogen and oxygen atoms in total. The monoisotopic (exact) mass is 114 g/mol. The molecule has 0 fully saturated rings. The van der Waals surface area contributed by atoms with Crippen molar-refractivity contribution in [3.8, 4) is 5.88 Å². The summed E-state index contributed by atoms with van der Waals surface area (Å²) in [6, 6.07) is 2.70. The van der Waals surface area contributed by atoms with Gasteiger partial charge in [-0.05, 0) is 6.07 Å². The van der Waals surface area contributed by atoms with E-state index in [-0.39, 0.29) is 11.7 Å². The molecule has 1 aromatic heterocycles. The zero-order valence-electron chi connectivity index (χ0n) is 4.07. The van der Waals surface area contributed by atoms with Gasteiger partial charge in [-0.2, -0.15) is 0 Å². The summed E-state index contributed by atoms with van der Waals surface area (Å²) in [5.74, 6) is -0.120. The summed E-state index contributed by atoms with van der Waals surface area (Å²) < 4.78 is 0.500. The smallest absolute Gasteiger partial charge is 0.227 e. The highest BCUT2D eigenvalue weighted by Crippen LogP contribution is 2.12. The maximum atomic E-state index is 8.59. The summed E-state index contributed by atoms with van der Waals surface area (Å²) in [6.07, 6.45) is 0. The molecule has 0 radical (unpaired) electrons. The van der Waals surface area contributed by atoms with E-state index in [1.54, 1.807) is 0 Å². The van der Waals surface area contributed by atoms with E-state index in [0.29, 0.717) is 4.73 Å². The summed E-state index contributed by atoms with van der Waals surface area (Å²) >= 11 is 0. The first-order chi connectivity index (χ1) is 3.72. The van der Waals surface area contributed by atoms with Crippen molar-refractivity contribution in [3.63, 3.8) is 0 Å².